The molecule has 1 fully saturated rings. The van der Waals surface area contributed by atoms with Gasteiger partial charge in [0.25, 0.3) is 0 Å². The van der Waals surface area contributed by atoms with Crippen LogP contribution in [0.3, 0.4) is 0 Å². The fraction of sp³-hybridized carbons (Fsp3) is 0.400. The first-order valence-corrected chi connectivity index (χ1v) is 3.62. The molecule has 10 heavy (non-hydrogen) atoms. The van der Waals surface area contributed by atoms with Crippen molar-refractivity contribution < 1.29 is 0 Å². The van der Waals surface area contributed by atoms with E-state index in [4.69, 9.17) is 0 Å². The topological polar surface area (TPSA) is 0 Å². The van der Waals surface area contributed by atoms with Crippen LogP contribution in [0.25, 0.3) is 0 Å². The van der Waals surface area contributed by atoms with Crippen LogP contribution in [0.5, 0.6) is 0 Å². The summed E-state index contributed by atoms with van der Waals surface area (Å²) in [5.74, 6) is 0.677. The van der Waals surface area contributed by atoms with E-state index in [2.05, 4.69) is 24.6 Å². The van der Waals surface area contributed by atoms with Gasteiger partial charge >= 0.3 is 0 Å². The van der Waals surface area contributed by atoms with Crippen LogP contribution in [0.2, 0.25) is 0 Å². The van der Waals surface area contributed by atoms with Crippen LogP contribution in [0.1, 0.15) is 19.3 Å². The van der Waals surface area contributed by atoms with E-state index in [1.807, 2.05) is 6.08 Å². The van der Waals surface area contributed by atoms with Crippen molar-refractivity contribution >= 4 is 0 Å². The van der Waals surface area contributed by atoms with Crippen molar-refractivity contribution in [1.82, 2.24) is 0 Å². The van der Waals surface area contributed by atoms with Gasteiger partial charge in [-0.2, -0.15) is 0 Å². The molecular weight excluding hydrogens is 120 g/mol. The number of hydrogen-bond acceptors (Lipinski definition) is 0. The zero-order valence-electron chi connectivity index (χ0n) is 6.19. The summed E-state index contributed by atoms with van der Waals surface area (Å²) in [6.45, 7) is 7.25. The van der Waals surface area contributed by atoms with Crippen molar-refractivity contribution in [2.75, 3.05) is 0 Å². The van der Waals surface area contributed by atoms with Crippen molar-refractivity contribution in [3.63, 3.8) is 0 Å². The van der Waals surface area contributed by atoms with Gasteiger partial charge in [0.05, 0.1) is 0 Å². The Labute approximate surface area is 62.3 Å². The van der Waals surface area contributed by atoms with Crippen molar-refractivity contribution in [1.29, 1.82) is 0 Å². The molecule has 1 aliphatic carbocycles. The first-order chi connectivity index (χ1) is 4.86. The Hall–Kier alpha value is -0.960. The largest absolute Gasteiger partial charge is 0.103 e. The van der Waals surface area contributed by atoms with E-state index in [-0.39, 0.29) is 0 Å². The second-order valence-electron chi connectivity index (χ2n) is 2.64. The summed E-state index contributed by atoms with van der Waals surface area (Å²) >= 11 is 0. The molecule has 0 aromatic heterocycles. The summed E-state index contributed by atoms with van der Waals surface area (Å²) in [5.41, 5.74) is 7.05. The lowest BCUT2D eigenvalue weighted by Gasteiger charge is -1.94. The standard InChI is InChI=1S/C10H12/c1-3-5-10-7-6-9(4-2)8-10/h4,9H,1-2,6-8H2. The maximum Gasteiger partial charge on any atom is -0.0174 e. The zero-order valence-corrected chi connectivity index (χ0v) is 6.19. The van der Waals surface area contributed by atoms with Gasteiger partial charge < -0.3 is 0 Å². The summed E-state index contributed by atoms with van der Waals surface area (Å²) in [6.07, 6.45) is 5.52. The van der Waals surface area contributed by atoms with Crippen molar-refractivity contribution in [3.8, 4) is 0 Å². The predicted molar refractivity (Wildman–Crippen MR) is 43.7 cm³/mol. The lowest BCUT2D eigenvalue weighted by molar-refractivity contribution is 0.696. The Balaban J connectivity index is 2.67. The van der Waals surface area contributed by atoms with Gasteiger partial charge in [-0.1, -0.05) is 17.5 Å². The highest BCUT2D eigenvalue weighted by Gasteiger charge is 2.15. The van der Waals surface area contributed by atoms with E-state index < -0.39 is 0 Å². The summed E-state index contributed by atoms with van der Waals surface area (Å²) < 4.78 is 0. The molecule has 0 spiro atoms. The van der Waals surface area contributed by atoms with E-state index in [9.17, 15) is 0 Å². The highest BCUT2D eigenvalue weighted by Crippen LogP contribution is 2.29. The average Bonchev–Trinajstić information content (AvgIpc) is 2.37. The summed E-state index contributed by atoms with van der Waals surface area (Å²) in [4.78, 5) is 0. The van der Waals surface area contributed by atoms with E-state index in [1.54, 1.807) is 0 Å². The number of rotatable bonds is 1. The quantitative estimate of drug-likeness (QED) is 0.380. The van der Waals surface area contributed by atoms with Crippen LogP contribution in [0.4, 0.5) is 0 Å². The molecule has 0 amide bonds. The molecule has 1 unspecified atom stereocenters. The molecule has 0 saturated heterocycles. The van der Waals surface area contributed by atoms with Gasteiger partial charge in [0, 0.05) is 0 Å². The molecule has 52 valence electrons. The van der Waals surface area contributed by atoms with Gasteiger partial charge in [0.15, 0.2) is 0 Å². The van der Waals surface area contributed by atoms with E-state index in [1.165, 1.54) is 12.0 Å². The van der Waals surface area contributed by atoms with Crippen LogP contribution in [0.15, 0.2) is 36.3 Å². The highest BCUT2D eigenvalue weighted by molar-refractivity contribution is 5.09. The predicted octanol–water partition coefficient (Wildman–Crippen LogP) is 2.84. The van der Waals surface area contributed by atoms with Gasteiger partial charge in [0.1, 0.15) is 0 Å². The summed E-state index contributed by atoms with van der Waals surface area (Å²) in [5, 5.41) is 0. The lowest BCUT2D eigenvalue weighted by Crippen LogP contribution is -1.82. The average molecular weight is 132 g/mol. The molecule has 1 saturated carbocycles. The second-order valence-corrected chi connectivity index (χ2v) is 2.64. The molecule has 0 bridgehead atoms. The highest BCUT2D eigenvalue weighted by atomic mass is 14.2. The minimum Gasteiger partial charge on any atom is -0.103 e. The fourth-order valence-electron chi connectivity index (χ4n) is 1.32. The van der Waals surface area contributed by atoms with Crippen LogP contribution < -0.4 is 0 Å². The molecule has 0 nitrogen and oxygen atoms in total. The Morgan fingerprint density at radius 3 is 2.90 bits per heavy atom. The molecule has 1 atom stereocenters. The minimum atomic E-state index is 0.677. The molecule has 0 heteroatoms. The molecule has 0 N–H and O–H groups in total. The molecule has 1 rings (SSSR count). The Kier molecular flexibility index (Phi) is 2.34. The van der Waals surface area contributed by atoms with Gasteiger partial charge in [-0.3, -0.25) is 0 Å². The zero-order chi connectivity index (χ0) is 7.40. The van der Waals surface area contributed by atoms with Gasteiger partial charge in [-0.25, -0.2) is 0 Å². The molecule has 0 radical (unpaired) electrons. The van der Waals surface area contributed by atoms with E-state index in [0.717, 1.165) is 12.8 Å². The first-order valence-electron chi connectivity index (χ1n) is 3.62. The smallest absolute Gasteiger partial charge is 0.0174 e. The third kappa shape index (κ3) is 1.51. The second kappa shape index (κ2) is 3.27. The normalized spacial score (nSPS) is 23.6. The SMILES string of the molecule is C=C=C=C1CCC(C=C)C1. The van der Waals surface area contributed by atoms with Gasteiger partial charge in [-0.15, -0.1) is 6.58 Å². The Morgan fingerprint density at radius 1 is 1.60 bits per heavy atom. The number of allylic oxidation sites excluding steroid dienone is 2. The monoisotopic (exact) mass is 132 g/mol. The summed E-state index contributed by atoms with van der Waals surface area (Å²) in [7, 11) is 0. The third-order valence-corrected chi connectivity index (χ3v) is 1.92. The fourth-order valence-corrected chi connectivity index (χ4v) is 1.32. The molecular formula is C10H12. The Bertz CT molecular complexity index is 210. The first kappa shape index (κ1) is 7.15. The maximum absolute atomic E-state index is 3.76. The molecule has 0 aromatic rings. The Morgan fingerprint density at radius 2 is 2.40 bits per heavy atom. The molecule has 0 aliphatic heterocycles. The van der Waals surface area contributed by atoms with Crippen LogP contribution in [-0.4, -0.2) is 0 Å². The van der Waals surface area contributed by atoms with Crippen LogP contribution >= 0.6 is 0 Å². The third-order valence-electron chi connectivity index (χ3n) is 1.92. The number of hydrogen-bond donors (Lipinski definition) is 0. The molecule has 0 aromatic carbocycles. The van der Waals surface area contributed by atoms with Crippen molar-refractivity contribution in [3.05, 3.63) is 36.3 Å². The maximum atomic E-state index is 3.76. The molecule has 1 aliphatic rings. The van der Waals surface area contributed by atoms with Crippen LogP contribution in [0, 0.1) is 5.92 Å². The van der Waals surface area contributed by atoms with Crippen molar-refractivity contribution in [2.24, 2.45) is 5.92 Å². The minimum absolute atomic E-state index is 0.677. The lowest BCUT2D eigenvalue weighted by atomic mass is 10.1. The van der Waals surface area contributed by atoms with Gasteiger partial charge in [-0.05, 0) is 37.3 Å². The van der Waals surface area contributed by atoms with E-state index >= 15 is 0 Å². The molecule has 0 heterocycles. The van der Waals surface area contributed by atoms with Crippen LogP contribution in [-0.2, 0) is 0 Å². The van der Waals surface area contributed by atoms with Gasteiger partial charge in [0.2, 0.25) is 0 Å². The van der Waals surface area contributed by atoms with Crippen molar-refractivity contribution in [2.45, 2.75) is 19.3 Å². The van der Waals surface area contributed by atoms with E-state index in [0.29, 0.717) is 5.92 Å². The summed E-state index contributed by atoms with van der Waals surface area (Å²) in [6, 6.07) is 0.